The minimum absolute atomic E-state index is 0.164. The van der Waals surface area contributed by atoms with Gasteiger partial charge in [0, 0.05) is 19.5 Å². The molecule has 1 N–H and O–H groups in total. The summed E-state index contributed by atoms with van der Waals surface area (Å²) in [4.78, 5) is 23.0. The Bertz CT molecular complexity index is 246. The van der Waals surface area contributed by atoms with Crippen LogP contribution in [0.3, 0.4) is 0 Å². The average Bonchev–Trinajstić information content (AvgIpc) is 2.29. The first-order valence-corrected chi connectivity index (χ1v) is 5.68. The second-order valence-electron chi connectivity index (χ2n) is 4.18. The second-order valence-corrected chi connectivity index (χ2v) is 4.18. The number of hydrogen-bond acceptors (Lipinski definition) is 3. The van der Waals surface area contributed by atoms with E-state index in [1.54, 1.807) is 0 Å². The number of piperidine rings is 1. The lowest BCUT2D eigenvalue weighted by molar-refractivity contribution is -0.140. The molecule has 16 heavy (non-hydrogen) atoms. The number of nitrogens with zero attached hydrogens (tertiary/aromatic N) is 1. The van der Waals surface area contributed by atoms with E-state index in [9.17, 15) is 9.59 Å². The molecule has 0 aliphatic carbocycles. The van der Waals surface area contributed by atoms with E-state index in [1.807, 2.05) is 0 Å². The maximum Gasteiger partial charge on any atom is 0.407 e. The first kappa shape index (κ1) is 12.8. The van der Waals surface area contributed by atoms with Crippen molar-refractivity contribution < 1.29 is 19.4 Å². The highest BCUT2D eigenvalue weighted by Gasteiger charge is 2.21. The van der Waals surface area contributed by atoms with Gasteiger partial charge in [-0.25, -0.2) is 4.79 Å². The Kier molecular flexibility index (Phi) is 5.08. The van der Waals surface area contributed by atoms with Crippen molar-refractivity contribution in [3.63, 3.8) is 0 Å². The summed E-state index contributed by atoms with van der Waals surface area (Å²) in [5.74, 6) is 0.392. The van der Waals surface area contributed by atoms with Crippen LogP contribution in [-0.2, 0) is 9.53 Å². The Morgan fingerprint density at radius 3 is 2.50 bits per heavy atom. The van der Waals surface area contributed by atoms with Gasteiger partial charge in [0.25, 0.3) is 0 Å². The summed E-state index contributed by atoms with van der Waals surface area (Å²) in [5, 5.41) is 8.77. The van der Waals surface area contributed by atoms with Crippen LogP contribution in [0.1, 0.15) is 32.1 Å². The molecule has 1 aliphatic heterocycles. The number of hydrogen-bond donors (Lipinski definition) is 1. The molecule has 0 spiro atoms. The number of amides is 1. The van der Waals surface area contributed by atoms with Gasteiger partial charge in [0.05, 0.1) is 7.11 Å². The summed E-state index contributed by atoms with van der Waals surface area (Å²) in [6.07, 6.45) is 3.29. The summed E-state index contributed by atoms with van der Waals surface area (Å²) in [5.41, 5.74) is 0. The molecular formula is C11H19NO4. The summed E-state index contributed by atoms with van der Waals surface area (Å²) >= 11 is 0. The van der Waals surface area contributed by atoms with Crippen molar-refractivity contribution in [1.82, 2.24) is 4.90 Å². The first-order valence-electron chi connectivity index (χ1n) is 5.68. The van der Waals surface area contributed by atoms with Crippen LogP contribution in [0.25, 0.3) is 0 Å². The van der Waals surface area contributed by atoms with Gasteiger partial charge in [-0.05, 0) is 31.6 Å². The highest BCUT2D eigenvalue weighted by molar-refractivity contribution is 5.69. The Hall–Kier alpha value is -1.26. The molecule has 0 radical (unpaired) electrons. The molecule has 0 saturated carbocycles. The molecule has 0 atom stereocenters. The van der Waals surface area contributed by atoms with Crippen molar-refractivity contribution in [3.8, 4) is 0 Å². The lowest BCUT2D eigenvalue weighted by Crippen LogP contribution is -2.37. The molecule has 0 aromatic heterocycles. The van der Waals surface area contributed by atoms with Gasteiger partial charge < -0.3 is 14.7 Å². The van der Waals surface area contributed by atoms with Gasteiger partial charge in [-0.1, -0.05) is 0 Å². The molecule has 1 rings (SSSR count). The summed E-state index contributed by atoms with van der Waals surface area (Å²) in [7, 11) is 1.40. The smallest absolute Gasteiger partial charge is 0.407 e. The van der Waals surface area contributed by atoms with Gasteiger partial charge in [-0.2, -0.15) is 0 Å². The van der Waals surface area contributed by atoms with E-state index >= 15 is 0 Å². The summed E-state index contributed by atoms with van der Waals surface area (Å²) < 4.78 is 4.56. The van der Waals surface area contributed by atoms with E-state index in [1.165, 1.54) is 12.0 Å². The fourth-order valence-corrected chi connectivity index (χ4v) is 2.05. The Morgan fingerprint density at radius 2 is 2.00 bits per heavy atom. The van der Waals surface area contributed by atoms with Gasteiger partial charge in [0.1, 0.15) is 0 Å². The van der Waals surface area contributed by atoms with Crippen LogP contribution in [0.15, 0.2) is 0 Å². The zero-order valence-corrected chi connectivity index (χ0v) is 9.65. The molecule has 5 heteroatoms. The SMILES string of the molecule is COC(=O)CCCC1CCN(C(=O)O)CC1. The maximum atomic E-state index is 10.9. The third-order valence-electron chi connectivity index (χ3n) is 3.11. The third kappa shape index (κ3) is 4.08. The Labute approximate surface area is 95.4 Å². The van der Waals surface area contributed by atoms with E-state index in [2.05, 4.69) is 4.74 Å². The number of ether oxygens (including phenoxy) is 1. The number of carbonyl (C=O) groups is 2. The normalized spacial score (nSPS) is 17.2. The average molecular weight is 229 g/mol. The van der Waals surface area contributed by atoms with Crippen molar-refractivity contribution in [2.45, 2.75) is 32.1 Å². The van der Waals surface area contributed by atoms with E-state index in [4.69, 9.17) is 5.11 Å². The van der Waals surface area contributed by atoms with Crippen LogP contribution in [0.2, 0.25) is 0 Å². The van der Waals surface area contributed by atoms with Crippen LogP contribution in [0.5, 0.6) is 0 Å². The maximum absolute atomic E-state index is 10.9. The molecule has 0 bridgehead atoms. The van der Waals surface area contributed by atoms with Crippen LogP contribution in [-0.4, -0.2) is 42.3 Å². The van der Waals surface area contributed by atoms with Gasteiger partial charge in [-0.3, -0.25) is 4.79 Å². The van der Waals surface area contributed by atoms with Gasteiger partial charge >= 0.3 is 12.1 Å². The second kappa shape index (κ2) is 6.35. The van der Waals surface area contributed by atoms with E-state index in [0.29, 0.717) is 25.4 Å². The van der Waals surface area contributed by atoms with Crippen molar-refractivity contribution in [2.24, 2.45) is 5.92 Å². The molecular weight excluding hydrogens is 210 g/mol. The minimum Gasteiger partial charge on any atom is -0.469 e. The molecule has 1 fully saturated rings. The predicted molar refractivity (Wildman–Crippen MR) is 58.2 cm³/mol. The molecule has 1 amide bonds. The van der Waals surface area contributed by atoms with Crippen LogP contribution < -0.4 is 0 Å². The monoisotopic (exact) mass is 229 g/mol. The first-order chi connectivity index (χ1) is 7.63. The van der Waals surface area contributed by atoms with Crippen LogP contribution in [0, 0.1) is 5.92 Å². The Balaban J connectivity index is 2.13. The zero-order valence-electron chi connectivity index (χ0n) is 9.65. The number of carbonyl (C=O) groups excluding carboxylic acids is 1. The summed E-state index contributed by atoms with van der Waals surface area (Å²) in [6.45, 7) is 1.25. The van der Waals surface area contributed by atoms with Gasteiger partial charge in [0.2, 0.25) is 0 Å². The predicted octanol–water partition coefficient (Wildman–Crippen LogP) is 1.72. The molecule has 0 aromatic rings. The lowest BCUT2D eigenvalue weighted by Gasteiger charge is -2.29. The van der Waals surface area contributed by atoms with Crippen LogP contribution in [0.4, 0.5) is 4.79 Å². The number of carboxylic acid groups (broad SMARTS) is 1. The standard InChI is InChI=1S/C11H19NO4/c1-16-10(13)4-2-3-9-5-7-12(8-6-9)11(14)15/h9H,2-8H2,1H3,(H,14,15). The van der Waals surface area contributed by atoms with Gasteiger partial charge in [0.15, 0.2) is 0 Å². The molecule has 1 aliphatic rings. The van der Waals surface area contributed by atoms with Crippen molar-refractivity contribution in [2.75, 3.05) is 20.2 Å². The van der Waals surface area contributed by atoms with Crippen molar-refractivity contribution in [3.05, 3.63) is 0 Å². The quantitative estimate of drug-likeness (QED) is 0.745. The lowest BCUT2D eigenvalue weighted by atomic mass is 9.92. The number of likely N-dealkylation sites (tertiary alicyclic amines) is 1. The molecule has 1 heterocycles. The molecule has 92 valence electrons. The summed E-state index contributed by atoms with van der Waals surface area (Å²) in [6, 6.07) is 0. The van der Waals surface area contributed by atoms with E-state index in [-0.39, 0.29) is 5.97 Å². The van der Waals surface area contributed by atoms with E-state index in [0.717, 1.165) is 25.7 Å². The molecule has 0 unspecified atom stereocenters. The van der Waals surface area contributed by atoms with Gasteiger partial charge in [-0.15, -0.1) is 0 Å². The number of rotatable bonds is 4. The highest BCUT2D eigenvalue weighted by Crippen LogP contribution is 2.22. The number of esters is 1. The van der Waals surface area contributed by atoms with E-state index < -0.39 is 6.09 Å². The largest absolute Gasteiger partial charge is 0.469 e. The molecule has 0 aromatic carbocycles. The zero-order chi connectivity index (χ0) is 12.0. The van der Waals surface area contributed by atoms with Crippen molar-refractivity contribution >= 4 is 12.1 Å². The van der Waals surface area contributed by atoms with Crippen molar-refractivity contribution in [1.29, 1.82) is 0 Å². The Morgan fingerprint density at radius 1 is 1.38 bits per heavy atom. The fourth-order valence-electron chi connectivity index (χ4n) is 2.05. The molecule has 1 saturated heterocycles. The number of methoxy groups -OCH3 is 1. The molecule has 5 nitrogen and oxygen atoms in total. The highest BCUT2D eigenvalue weighted by atomic mass is 16.5. The van der Waals surface area contributed by atoms with Crippen LogP contribution >= 0.6 is 0 Å². The fraction of sp³-hybridized carbons (Fsp3) is 0.818. The minimum atomic E-state index is -0.826. The third-order valence-corrected chi connectivity index (χ3v) is 3.11. The topological polar surface area (TPSA) is 66.8 Å².